The van der Waals surface area contributed by atoms with Gasteiger partial charge < -0.3 is 20.5 Å². The molecule has 1 unspecified atom stereocenters. The van der Waals surface area contributed by atoms with Gasteiger partial charge in [0.25, 0.3) is 0 Å². The van der Waals surface area contributed by atoms with Gasteiger partial charge in [0.2, 0.25) is 0 Å². The van der Waals surface area contributed by atoms with Gasteiger partial charge in [-0.25, -0.2) is 4.79 Å². The fraction of sp³-hybridized carbons (Fsp3) is 0.750. The Kier molecular flexibility index (Phi) is 9.20. The van der Waals surface area contributed by atoms with Crippen LogP contribution >= 0.6 is 0 Å². The summed E-state index contributed by atoms with van der Waals surface area (Å²) in [6.45, 7) is 4.30. The van der Waals surface area contributed by atoms with E-state index in [0.29, 0.717) is 26.0 Å². The number of hydrogen-bond donors (Lipinski definition) is 3. The minimum atomic E-state index is -0.834. The highest BCUT2D eigenvalue weighted by Gasteiger charge is 2.10. The van der Waals surface area contributed by atoms with Crippen LogP contribution in [0.3, 0.4) is 0 Å². The lowest BCUT2D eigenvalue weighted by molar-refractivity contribution is -0.143. The molecule has 7 nitrogen and oxygen atoms in total. The summed E-state index contributed by atoms with van der Waals surface area (Å²) in [4.78, 5) is 32.8. The van der Waals surface area contributed by atoms with E-state index in [1.807, 2.05) is 0 Å². The number of carbonyl (C=O) groups excluding carboxylic acids is 2. The van der Waals surface area contributed by atoms with Crippen molar-refractivity contribution < 1.29 is 24.2 Å². The Morgan fingerprint density at radius 3 is 2.42 bits per heavy atom. The number of aliphatic carboxylic acids is 1. The van der Waals surface area contributed by atoms with Crippen LogP contribution < -0.4 is 10.6 Å². The molecule has 7 heteroatoms. The van der Waals surface area contributed by atoms with Crippen molar-refractivity contribution in [3.05, 3.63) is 0 Å². The number of amides is 2. The van der Waals surface area contributed by atoms with Gasteiger partial charge in [-0.05, 0) is 19.8 Å². The second-order valence-electron chi connectivity index (χ2n) is 4.12. The number of carboxylic acids is 1. The Morgan fingerprint density at radius 1 is 1.21 bits per heavy atom. The molecule has 0 saturated heterocycles. The molecule has 0 bridgehead atoms. The second kappa shape index (κ2) is 10.2. The molecule has 0 aliphatic carbocycles. The van der Waals surface area contributed by atoms with E-state index in [1.165, 1.54) is 0 Å². The molecular formula is C12H22N2O5. The Morgan fingerprint density at radius 2 is 1.84 bits per heavy atom. The van der Waals surface area contributed by atoms with Crippen molar-refractivity contribution in [2.75, 3.05) is 19.7 Å². The summed E-state index contributed by atoms with van der Waals surface area (Å²) in [6, 6.07) is -0.368. The van der Waals surface area contributed by atoms with E-state index in [2.05, 4.69) is 10.6 Å². The summed E-state index contributed by atoms with van der Waals surface area (Å²) in [7, 11) is 0. The van der Waals surface area contributed by atoms with Crippen molar-refractivity contribution in [3.63, 3.8) is 0 Å². The van der Waals surface area contributed by atoms with Crippen LogP contribution in [0, 0.1) is 5.92 Å². The van der Waals surface area contributed by atoms with Crippen LogP contribution in [-0.4, -0.2) is 42.8 Å². The minimum absolute atomic E-state index is 0.136. The molecule has 19 heavy (non-hydrogen) atoms. The van der Waals surface area contributed by atoms with Gasteiger partial charge in [0.1, 0.15) is 0 Å². The van der Waals surface area contributed by atoms with Crippen LogP contribution in [0.15, 0.2) is 0 Å². The van der Waals surface area contributed by atoms with Crippen molar-refractivity contribution in [1.82, 2.24) is 10.6 Å². The number of urea groups is 1. The summed E-state index contributed by atoms with van der Waals surface area (Å²) in [6.07, 6.45) is 1.24. The van der Waals surface area contributed by atoms with Gasteiger partial charge in [0.15, 0.2) is 0 Å². The Labute approximate surface area is 112 Å². The average molecular weight is 274 g/mol. The molecule has 0 saturated carbocycles. The van der Waals surface area contributed by atoms with E-state index in [-0.39, 0.29) is 25.0 Å². The third kappa shape index (κ3) is 9.87. The lowest BCUT2D eigenvalue weighted by Gasteiger charge is -2.08. The van der Waals surface area contributed by atoms with Gasteiger partial charge >= 0.3 is 18.0 Å². The lowest BCUT2D eigenvalue weighted by Crippen LogP contribution is -2.37. The normalized spacial score (nSPS) is 11.5. The predicted molar refractivity (Wildman–Crippen MR) is 68.7 cm³/mol. The van der Waals surface area contributed by atoms with E-state index < -0.39 is 11.9 Å². The van der Waals surface area contributed by atoms with Crippen molar-refractivity contribution in [3.8, 4) is 0 Å². The molecule has 1 atom stereocenters. The average Bonchev–Trinajstić information content (AvgIpc) is 2.34. The minimum Gasteiger partial charge on any atom is -0.481 e. The van der Waals surface area contributed by atoms with E-state index in [9.17, 15) is 14.4 Å². The molecule has 0 aliphatic heterocycles. The number of nitrogens with one attached hydrogen (secondary N) is 2. The molecule has 0 spiro atoms. The van der Waals surface area contributed by atoms with Crippen LogP contribution in [0.4, 0.5) is 4.79 Å². The van der Waals surface area contributed by atoms with Crippen molar-refractivity contribution in [1.29, 1.82) is 0 Å². The molecule has 0 aromatic heterocycles. The van der Waals surface area contributed by atoms with Gasteiger partial charge in [0, 0.05) is 13.1 Å². The maximum atomic E-state index is 11.3. The van der Waals surface area contributed by atoms with Gasteiger partial charge in [-0.15, -0.1) is 0 Å². The predicted octanol–water partition coefficient (Wildman–Crippen LogP) is 0.740. The molecule has 0 rings (SSSR count). The maximum absolute atomic E-state index is 11.3. The third-order valence-corrected chi connectivity index (χ3v) is 2.44. The number of rotatable bonds is 9. The highest BCUT2D eigenvalue weighted by atomic mass is 16.5. The smallest absolute Gasteiger partial charge is 0.314 e. The maximum Gasteiger partial charge on any atom is 0.314 e. The monoisotopic (exact) mass is 274 g/mol. The molecule has 0 aromatic rings. The zero-order valence-electron chi connectivity index (χ0n) is 11.4. The highest BCUT2D eigenvalue weighted by molar-refractivity contribution is 5.75. The molecular weight excluding hydrogens is 252 g/mol. The van der Waals surface area contributed by atoms with Crippen molar-refractivity contribution >= 4 is 18.0 Å². The number of carboxylic acid groups (broad SMARTS) is 1. The summed E-state index contributed by atoms with van der Waals surface area (Å²) < 4.78 is 4.70. The first-order chi connectivity index (χ1) is 8.97. The molecule has 2 amide bonds. The Hall–Kier alpha value is -1.79. The summed E-state index contributed by atoms with van der Waals surface area (Å²) in [5.41, 5.74) is 0. The van der Waals surface area contributed by atoms with Gasteiger partial charge in [-0.3, -0.25) is 9.59 Å². The van der Waals surface area contributed by atoms with E-state index in [0.717, 1.165) is 0 Å². The van der Waals surface area contributed by atoms with E-state index in [4.69, 9.17) is 9.84 Å². The summed E-state index contributed by atoms with van der Waals surface area (Å²) in [5, 5.41) is 13.8. The second-order valence-corrected chi connectivity index (χ2v) is 4.12. The fourth-order valence-corrected chi connectivity index (χ4v) is 1.31. The summed E-state index contributed by atoms with van der Waals surface area (Å²) in [5.74, 6) is -1.59. The summed E-state index contributed by atoms with van der Waals surface area (Å²) >= 11 is 0. The first kappa shape index (κ1) is 17.2. The van der Waals surface area contributed by atoms with Crippen molar-refractivity contribution in [2.24, 2.45) is 5.92 Å². The largest absolute Gasteiger partial charge is 0.481 e. The molecule has 0 radical (unpaired) electrons. The lowest BCUT2D eigenvalue weighted by atomic mass is 10.1. The molecule has 110 valence electrons. The Balaban J connectivity index is 3.50. The zero-order valence-corrected chi connectivity index (χ0v) is 11.4. The number of carbonyl (C=O) groups is 3. The first-order valence-electron chi connectivity index (χ1n) is 6.37. The molecule has 0 heterocycles. The molecule has 0 aromatic carbocycles. The van der Waals surface area contributed by atoms with E-state index in [1.54, 1.807) is 13.8 Å². The zero-order chi connectivity index (χ0) is 14.7. The fourth-order valence-electron chi connectivity index (χ4n) is 1.31. The number of esters is 1. The highest BCUT2D eigenvalue weighted by Crippen LogP contribution is 2.03. The van der Waals surface area contributed by atoms with Crippen LogP contribution in [0.5, 0.6) is 0 Å². The number of hydrogen-bond acceptors (Lipinski definition) is 4. The molecule has 3 N–H and O–H groups in total. The quantitative estimate of drug-likeness (QED) is 0.425. The molecule has 0 aliphatic rings. The van der Waals surface area contributed by atoms with E-state index >= 15 is 0 Å². The topological polar surface area (TPSA) is 105 Å². The van der Waals surface area contributed by atoms with Gasteiger partial charge in [-0.2, -0.15) is 0 Å². The SMILES string of the molecule is CCOC(=O)CCNC(=O)NCCCC(C)C(=O)O. The number of ether oxygens (including phenoxy) is 1. The van der Waals surface area contributed by atoms with Gasteiger partial charge in [0.05, 0.1) is 18.9 Å². The van der Waals surface area contributed by atoms with Crippen LogP contribution in [-0.2, 0) is 14.3 Å². The first-order valence-corrected chi connectivity index (χ1v) is 6.37. The molecule has 0 fully saturated rings. The Bertz CT molecular complexity index is 306. The van der Waals surface area contributed by atoms with Crippen molar-refractivity contribution in [2.45, 2.75) is 33.1 Å². The van der Waals surface area contributed by atoms with Crippen LogP contribution in [0.1, 0.15) is 33.1 Å². The van der Waals surface area contributed by atoms with Crippen LogP contribution in [0.25, 0.3) is 0 Å². The van der Waals surface area contributed by atoms with Crippen LogP contribution in [0.2, 0.25) is 0 Å². The standard InChI is InChI=1S/C12H22N2O5/c1-3-19-10(15)6-8-14-12(18)13-7-4-5-9(2)11(16)17/h9H,3-8H2,1-2H3,(H,16,17)(H2,13,14,18). The third-order valence-electron chi connectivity index (χ3n) is 2.44. The van der Waals surface area contributed by atoms with Gasteiger partial charge in [-0.1, -0.05) is 6.92 Å².